The van der Waals surface area contributed by atoms with E-state index >= 15 is 0 Å². The first-order valence-corrected chi connectivity index (χ1v) is 31.7. The number of aliphatic hydroxyl groups excluding tert-OH is 8. The quantitative estimate of drug-likeness (QED) is 0.0204. The highest BCUT2D eigenvalue weighted by Gasteiger charge is 2.51. The van der Waals surface area contributed by atoms with Crippen molar-refractivity contribution in [3.8, 4) is 0 Å². The molecular formula is C65H115NO13. The summed E-state index contributed by atoms with van der Waals surface area (Å²) in [4.78, 5) is 13.2. The van der Waals surface area contributed by atoms with Crippen LogP contribution >= 0.6 is 0 Å². The van der Waals surface area contributed by atoms with Crippen molar-refractivity contribution in [2.24, 2.45) is 0 Å². The summed E-state index contributed by atoms with van der Waals surface area (Å²) in [5.41, 5.74) is 0. The van der Waals surface area contributed by atoms with Gasteiger partial charge in [-0.05, 0) is 44.9 Å². The molecule has 2 rings (SSSR count). The van der Waals surface area contributed by atoms with Crippen LogP contribution in [0.3, 0.4) is 0 Å². The van der Waals surface area contributed by atoms with Crippen molar-refractivity contribution < 1.29 is 64.6 Å². The first-order valence-electron chi connectivity index (χ1n) is 31.7. The SMILES string of the molecule is CC/C=C\C/C=C\C/C=C\C/C=C\C/C=C\CC(=O)NC(COC1OC(CO)C(OC2OC(CO)C(O)C(O)C2O)C(O)C1O)C(O)/C=C/CCCCCCCCCCCCCCCCCCCCCCCCCCCCCC. The van der Waals surface area contributed by atoms with Gasteiger partial charge in [0.25, 0.3) is 0 Å². The third-order valence-electron chi connectivity index (χ3n) is 15.2. The number of aliphatic hydroxyl groups is 8. The van der Waals surface area contributed by atoms with Gasteiger partial charge >= 0.3 is 0 Å². The van der Waals surface area contributed by atoms with Crippen LogP contribution in [-0.2, 0) is 23.7 Å². The van der Waals surface area contributed by atoms with Gasteiger partial charge in [-0.1, -0.05) is 260 Å². The number of hydrogen-bond donors (Lipinski definition) is 9. The van der Waals surface area contributed by atoms with Gasteiger partial charge in [-0.15, -0.1) is 0 Å². The average molecular weight is 1120 g/mol. The second kappa shape index (κ2) is 50.0. The number of ether oxygens (including phenoxy) is 4. The molecule has 12 atom stereocenters. The number of amides is 1. The molecule has 0 saturated carbocycles. The summed E-state index contributed by atoms with van der Waals surface area (Å²) in [6, 6.07) is -0.973. The molecule has 9 N–H and O–H groups in total. The first kappa shape index (κ1) is 72.5. The lowest BCUT2D eigenvalue weighted by Gasteiger charge is -2.46. The Morgan fingerprint density at radius 1 is 0.468 bits per heavy atom. The molecular weight excluding hydrogens is 1000 g/mol. The van der Waals surface area contributed by atoms with Gasteiger partial charge in [0, 0.05) is 6.42 Å². The monoisotopic (exact) mass is 1120 g/mol. The maximum Gasteiger partial charge on any atom is 0.224 e. The number of nitrogens with one attached hydrogen (secondary N) is 1. The fourth-order valence-corrected chi connectivity index (χ4v) is 10.1. The normalized spacial score (nSPS) is 24.9. The zero-order chi connectivity index (χ0) is 57.4. The van der Waals surface area contributed by atoms with E-state index in [1.165, 1.54) is 161 Å². The van der Waals surface area contributed by atoms with Crippen molar-refractivity contribution in [1.82, 2.24) is 5.32 Å². The second-order valence-corrected chi connectivity index (χ2v) is 22.2. The van der Waals surface area contributed by atoms with Crippen molar-refractivity contribution in [3.63, 3.8) is 0 Å². The second-order valence-electron chi connectivity index (χ2n) is 22.2. The van der Waals surface area contributed by atoms with Crippen molar-refractivity contribution in [3.05, 3.63) is 72.9 Å². The minimum Gasteiger partial charge on any atom is -0.394 e. The van der Waals surface area contributed by atoms with Crippen LogP contribution < -0.4 is 5.32 Å². The number of hydrogen-bond acceptors (Lipinski definition) is 13. The highest BCUT2D eigenvalue weighted by atomic mass is 16.7. The van der Waals surface area contributed by atoms with E-state index in [9.17, 15) is 45.6 Å². The van der Waals surface area contributed by atoms with Crippen LogP contribution in [0, 0.1) is 0 Å². The summed E-state index contributed by atoms with van der Waals surface area (Å²) >= 11 is 0. The van der Waals surface area contributed by atoms with E-state index in [-0.39, 0.29) is 18.9 Å². The maximum atomic E-state index is 13.2. The minimum absolute atomic E-state index is 0.0465. The van der Waals surface area contributed by atoms with Crippen LogP contribution in [0.4, 0.5) is 0 Å². The summed E-state index contributed by atoms with van der Waals surface area (Å²) in [5.74, 6) is -0.366. The Kier molecular flexibility index (Phi) is 45.9. The molecule has 79 heavy (non-hydrogen) atoms. The van der Waals surface area contributed by atoms with Crippen LogP contribution in [0.25, 0.3) is 0 Å². The zero-order valence-corrected chi connectivity index (χ0v) is 49.3. The molecule has 12 unspecified atom stereocenters. The molecule has 2 aliphatic rings. The van der Waals surface area contributed by atoms with E-state index in [2.05, 4.69) is 61.7 Å². The van der Waals surface area contributed by atoms with Crippen LogP contribution in [0.15, 0.2) is 72.9 Å². The highest BCUT2D eigenvalue weighted by Crippen LogP contribution is 2.30. The average Bonchev–Trinajstić information content (AvgIpc) is 3.47. The van der Waals surface area contributed by atoms with Crippen molar-refractivity contribution in [1.29, 1.82) is 0 Å². The molecule has 0 aromatic rings. The highest BCUT2D eigenvalue weighted by molar-refractivity contribution is 5.77. The third kappa shape index (κ3) is 35.2. The summed E-state index contributed by atoms with van der Waals surface area (Å²) in [7, 11) is 0. The van der Waals surface area contributed by atoms with E-state index in [1.54, 1.807) is 12.2 Å². The van der Waals surface area contributed by atoms with Gasteiger partial charge < -0.3 is 65.1 Å². The fourth-order valence-electron chi connectivity index (χ4n) is 10.1. The lowest BCUT2D eigenvalue weighted by atomic mass is 9.97. The molecule has 1 amide bonds. The minimum atomic E-state index is -1.80. The Morgan fingerprint density at radius 3 is 1.29 bits per heavy atom. The predicted molar refractivity (Wildman–Crippen MR) is 318 cm³/mol. The number of unbranched alkanes of at least 4 members (excludes halogenated alkanes) is 28. The van der Waals surface area contributed by atoms with E-state index in [4.69, 9.17) is 18.9 Å². The first-order chi connectivity index (χ1) is 38.6. The van der Waals surface area contributed by atoms with E-state index in [0.717, 1.165) is 51.4 Å². The van der Waals surface area contributed by atoms with Crippen molar-refractivity contribution in [2.45, 2.75) is 312 Å². The number of rotatable bonds is 50. The Bertz CT molecular complexity index is 1600. The summed E-state index contributed by atoms with van der Waals surface area (Å²) < 4.78 is 22.7. The Balaban J connectivity index is 1.71. The lowest BCUT2D eigenvalue weighted by Crippen LogP contribution is -2.65. The molecule has 0 aromatic heterocycles. The van der Waals surface area contributed by atoms with Crippen LogP contribution in [-0.4, -0.2) is 140 Å². The van der Waals surface area contributed by atoms with Gasteiger partial charge in [0.2, 0.25) is 5.91 Å². The molecule has 458 valence electrons. The van der Waals surface area contributed by atoms with Crippen molar-refractivity contribution in [2.75, 3.05) is 19.8 Å². The fraction of sp³-hybridized carbons (Fsp3) is 0.800. The lowest BCUT2D eigenvalue weighted by molar-refractivity contribution is -0.359. The van der Waals surface area contributed by atoms with Gasteiger partial charge in [-0.2, -0.15) is 0 Å². The van der Waals surface area contributed by atoms with Crippen LogP contribution in [0.2, 0.25) is 0 Å². The summed E-state index contributed by atoms with van der Waals surface area (Å²) in [6.07, 6.45) is 50.0. The molecule has 14 heteroatoms. The van der Waals surface area contributed by atoms with Crippen molar-refractivity contribution >= 4 is 5.91 Å². The third-order valence-corrected chi connectivity index (χ3v) is 15.2. The molecule has 2 fully saturated rings. The summed E-state index contributed by atoms with van der Waals surface area (Å²) in [5, 5.41) is 87.0. The summed E-state index contributed by atoms with van der Waals surface area (Å²) in [6.45, 7) is 2.63. The number of carbonyl (C=O) groups excluding carboxylic acids is 1. The molecule has 0 aliphatic carbocycles. The molecule has 2 aliphatic heterocycles. The van der Waals surface area contributed by atoms with Gasteiger partial charge in [-0.25, -0.2) is 0 Å². The standard InChI is InChI=1S/C65H115NO13/c1-3-5-7-9-11-13-15-17-19-20-21-22-23-24-25-26-27-28-29-30-31-32-33-35-36-38-40-42-44-46-48-54(69)53(66-57(70)49-47-45-43-41-39-37-34-18-16-14-12-10-8-6-4-2)52-76-64-62(75)60(73)63(56(51-68)78-64)79-65-61(74)59(72)58(71)55(50-67)77-65/h6,8,12,14,18,34,39,41,45-48,53-56,58-65,67-69,71-75H,3-5,7,9-11,13,15-17,19-33,35-38,40,42-44,49-52H2,1-2H3,(H,66,70)/b8-6-,14-12-,34-18-,41-39-,47-45-,48-46+. The Labute approximate surface area is 478 Å². The molecule has 0 bridgehead atoms. The number of allylic oxidation sites excluding steroid dienone is 10. The largest absolute Gasteiger partial charge is 0.394 e. The van der Waals surface area contributed by atoms with Crippen LogP contribution in [0.5, 0.6) is 0 Å². The molecule has 0 spiro atoms. The Hall–Kier alpha value is -2.57. The zero-order valence-electron chi connectivity index (χ0n) is 49.3. The molecule has 14 nitrogen and oxygen atoms in total. The molecule has 0 radical (unpaired) electrons. The molecule has 2 saturated heterocycles. The van der Waals surface area contributed by atoms with Gasteiger partial charge in [0.05, 0.1) is 32.0 Å². The number of carbonyl (C=O) groups is 1. The topological polar surface area (TPSA) is 228 Å². The Morgan fingerprint density at radius 2 is 0.861 bits per heavy atom. The van der Waals surface area contributed by atoms with Gasteiger partial charge in [0.15, 0.2) is 12.6 Å². The van der Waals surface area contributed by atoms with Gasteiger partial charge in [-0.3, -0.25) is 4.79 Å². The van der Waals surface area contributed by atoms with Gasteiger partial charge in [0.1, 0.15) is 48.8 Å². The van der Waals surface area contributed by atoms with Crippen LogP contribution in [0.1, 0.15) is 239 Å². The maximum absolute atomic E-state index is 13.2. The van der Waals surface area contributed by atoms with E-state index in [1.807, 2.05) is 18.2 Å². The van der Waals surface area contributed by atoms with E-state index < -0.39 is 86.8 Å². The molecule has 0 aromatic carbocycles. The smallest absolute Gasteiger partial charge is 0.224 e. The predicted octanol–water partition coefficient (Wildman–Crippen LogP) is 11.5. The molecule has 2 heterocycles. The van der Waals surface area contributed by atoms with E-state index in [0.29, 0.717) is 6.42 Å².